The summed E-state index contributed by atoms with van der Waals surface area (Å²) in [4.78, 5) is 0. The Kier molecular flexibility index (Phi) is 9.81. The van der Waals surface area contributed by atoms with Gasteiger partial charge in [-0.05, 0) is 187 Å². The van der Waals surface area contributed by atoms with Gasteiger partial charge in [0.2, 0.25) is 0 Å². The molecule has 0 heterocycles. The van der Waals surface area contributed by atoms with Crippen molar-refractivity contribution in [3.8, 4) is 5.75 Å². The van der Waals surface area contributed by atoms with E-state index in [0.717, 1.165) is 24.8 Å². The summed E-state index contributed by atoms with van der Waals surface area (Å²) in [5.41, 5.74) is 19.8. The maximum Gasteiger partial charge on any atom is 0.119 e. The molecule has 4 rings (SSSR count). The van der Waals surface area contributed by atoms with E-state index in [0.29, 0.717) is 5.75 Å². The molecule has 1 heteroatoms. The SMILES string of the molecule is Cc1ccc(C(C)(C)Cc2ccc(O)c(CC(C)(C)c3ccc(C)c(C)c3C)c2CC(C)(C)c2ccc(C)c(C)c2C)c(C)c1C. The number of hydrogen-bond acceptors (Lipinski definition) is 1. The first-order valence-electron chi connectivity index (χ1n) is 17.2. The molecular weight excluding hydrogens is 556 g/mol. The van der Waals surface area contributed by atoms with Crippen molar-refractivity contribution in [3.63, 3.8) is 0 Å². The summed E-state index contributed by atoms with van der Waals surface area (Å²) >= 11 is 0. The Bertz CT molecular complexity index is 1780. The van der Waals surface area contributed by atoms with Crippen molar-refractivity contribution in [1.29, 1.82) is 0 Å². The van der Waals surface area contributed by atoms with Gasteiger partial charge in [-0.15, -0.1) is 0 Å². The number of phenolic OH excluding ortho intramolecular Hbond substituents is 1. The average molecular weight is 617 g/mol. The summed E-state index contributed by atoms with van der Waals surface area (Å²) in [7, 11) is 0. The van der Waals surface area contributed by atoms with E-state index in [1.807, 2.05) is 6.07 Å². The average Bonchev–Trinajstić information content (AvgIpc) is 2.96. The predicted octanol–water partition coefficient (Wildman–Crippen LogP) is 11.7. The Balaban J connectivity index is 1.92. The van der Waals surface area contributed by atoms with Crippen LogP contribution in [0.3, 0.4) is 0 Å². The minimum Gasteiger partial charge on any atom is -0.508 e. The highest BCUT2D eigenvalue weighted by Gasteiger charge is 2.33. The third kappa shape index (κ3) is 6.71. The van der Waals surface area contributed by atoms with Gasteiger partial charge in [-0.25, -0.2) is 0 Å². The van der Waals surface area contributed by atoms with Crippen LogP contribution >= 0.6 is 0 Å². The van der Waals surface area contributed by atoms with Gasteiger partial charge in [-0.3, -0.25) is 0 Å². The summed E-state index contributed by atoms with van der Waals surface area (Å²) in [6, 6.07) is 18.0. The quantitative estimate of drug-likeness (QED) is 0.198. The molecule has 4 aromatic rings. The highest BCUT2D eigenvalue weighted by atomic mass is 16.3. The van der Waals surface area contributed by atoms with Gasteiger partial charge in [0.15, 0.2) is 0 Å². The van der Waals surface area contributed by atoms with E-state index in [4.69, 9.17) is 0 Å². The van der Waals surface area contributed by atoms with E-state index in [2.05, 4.69) is 146 Å². The number of rotatable bonds is 9. The minimum absolute atomic E-state index is 0.0772. The number of aromatic hydroxyl groups is 1. The monoisotopic (exact) mass is 616 g/mol. The first kappa shape index (κ1) is 35.5. The Hall–Kier alpha value is -3.32. The van der Waals surface area contributed by atoms with Crippen LogP contribution in [0.5, 0.6) is 5.75 Å². The highest BCUT2D eigenvalue weighted by Crippen LogP contribution is 2.42. The second kappa shape index (κ2) is 12.7. The zero-order chi connectivity index (χ0) is 34.5. The molecule has 0 aliphatic rings. The lowest BCUT2D eigenvalue weighted by Crippen LogP contribution is -2.29. The molecule has 46 heavy (non-hydrogen) atoms. The van der Waals surface area contributed by atoms with Crippen LogP contribution < -0.4 is 0 Å². The first-order chi connectivity index (χ1) is 21.2. The van der Waals surface area contributed by atoms with E-state index in [9.17, 15) is 5.11 Å². The van der Waals surface area contributed by atoms with Crippen molar-refractivity contribution in [2.45, 2.75) is 139 Å². The predicted molar refractivity (Wildman–Crippen MR) is 200 cm³/mol. The van der Waals surface area contributed by atoms with Crippen molar-refractivity contribution in [2.24, 2.45) is 0 Å². The Morgan fingerprint density at radius 3 is 1.09 bits per heavy atom. The lowest BCUT2D eigenvalue weighted by atomic mass is 9.69. The van der Waals surface area contributed by atoms with Gasteiger partial charge in [0, 0.05) is 0 Å². The molecule has 1 N–H and O–H groups in total. The van der Waals surface area contributed by atoms with Crippen LogP contribution in [0, 0.1) is 62.3 Å². The molecule has 0 amide bonds. The normalized spacial score (nSPS) is 12.6. The summed E-state index contributed by atoms with van der Waals surface area (Å²) < 4.78 is 0. The molecule has 0 fully saturated rings. The molecule has 0 aliphatic heterocycles. The number of hydrogen-bond donors (Lipinski definition) is 1. The summed E-state index contributed by atoms with van der Waals surface area (Å²) in [5.74, 6) is 0.418. The van der Waals surface area contributed by atoms with E-state index in [1.165, 1.54) is 77.9 Å². The minimum atomic E-state index is -0.159. The second-order valence-corrected chi connectivity index (χ2v) is 16.4. The van der Waals surface area contributed by atoms with Gasteiger partial charge in [-0.2, -0.15) is 0 Å². The van der Waals surface area contributed by atoms with Crippen LogP contribution in [0.1, 0.15) is 125 Å². The van der Waals surface area contributed by atoms with Crippen molar-refractivity contribution < 1.29 is 5.11 Å². The lowest BCUT2D eigenvalue weighted by molar-refractivity contribution is 0.439. The van der Waals surface area contributed by atoms with Gasteiger partial charge >= 0.3 is 0 Å². The molecule has 0 radical (unpaired) electrons. The zero-order valence-corrected chi connectivity index (χ0v) is 31.7. The van der Waals surface area contributed by atoms with Crippen molar-refractivity contribution in [2.75, 3.05) is 0 Å². The van der Waals surface area contributed by atoms with Crippen LogP contribution in [-0.2, 0) is 35.5 Å². The molecule has 0 aliphatic carbocycles. The number of aryl methyl sites for hydroxylation is 3. The van der Waals surface area contributed by atoms with Gasteiger partial charge in [0.05, 0.1) is 0 Å². The molecule has 0 unspecified atom stereocenters. The van der Waals surface area contributed by atoms with Gasteiger partial charge in [0.25, 0.3) is 0 Å². The first-order valence-corrected chi connectivity index (χ1v) is 17.2. The number of phenols is 1. The van der Waals surface area contributed by atoms with Crippen molar-refractivity contribution >= 4 is 0 Å². The molecule has 0 bridgehead atoms. The van der Waals surface area contributed by atoms with Crippen LogP contribution in [0.2, 0.25) is 0 Å². The molecule has 0 saturated heterocycles. The Morgan fingerprint density at radius 2 is 0.717 bits per heavy atom. The molecule has 4 aromatic carbocycles. The van der Waals surface area contributed by atoms with Crippen LogP contribution in [0.4, 0.5) is 0 Å². The van der Waals surface area contributed by atoms with Crippen LogP contribution in [0.25, 0.3) is 0 Å². The summed E-state index contributed by atoms with van der Waals surface area (Å²) in [6.45, 7) is 34.4. The molecule has 0 saturated carbocycles. The summed E-state index contributed by atoms with van der Waals surface area (Å²) in [5, 5.41) is 11.7. The maximum absolute atomic E-state index is 11.7. The van der Waals surface area contributed by atoms with E-state index >= 15 is 0 Å². The van der Waals surface area contributed by atoms with Crippen LogP contribution in [0.15, 0.2) is 48.5 Å². The van der Waals surface area contributed by atoms with Gasteiger partial charge in [-0.1, -0.05) is 84.0 Å². The molecule has 0 spiro atoms. The molecule has 246 valence electrons. The van der Waals surface area contributed by atoms with Crippen molar-refractivity contribution in [3.05, 3.63) is 132 Å². The van der Waals surface area contributed by atoms with Gasteiger partial charge in [0.1, 0.15) is 5.75 Å². The van der Waals surface area contributed by atoms with Crippen molar-refractivity contribution in [1.82, 2.24) is 0 Å². The molecule has 0 atom stereocenters. The standard InChI is InChI=1S/C45H60O/c1-27-16-20-39(33(7)30(27)4)43(10,11)24-36-19-23-42(46)38(26-45(14,15)41-22-18-29(3)32(6)35(41)9)37(36)25-44(12,13)40-21-17-28(2)31(5)34(40)8/h16-23,46H,24-26H2,1-15H3. The second-order valence-electron chi connectivity index (χ2n) is 16.4. The Morgan fingerprint density at radius 1 is 0.391 bits per heavy atom. The Labute approximate surface area is 281 Å². The third-order valence-electron chi connectivity index (χ3n) is 11.7. The fourth-order valence-electron chi connectivity index (χ4n) is 8.03. The van der Waals surface area contributed by atoms with E-state index in [1.54, 1.807) is 0 Å². The summed E-state index contributed by atoms with van der Waals surface area (Å²) in [6.07, 6.45) is 2.54. The van der Waals surface area contributed by atoms with E-state index < -0.39 is 0 Å². The molecule has 1 nitrogen and oxygen atoms in total. The zero-order valence-electron chi connectivity index (χ0n) is 31.7. The van der Waals surface area contributed by atoms with E-state index in [-0.39, 0.29) is 16.2 Å². The maximum atomic E-state index is 11.7. The topological polar surface area (TPSA) is 20.2 Å². The fraction of sp³-hybridized carbons (Fsp3) is 0.467. The largest absolute Gasteiger partial charge is 0.508 e. The number of benzene rings is 4. The molecular formula is C45H60O. The van der Waals surface area contributed by atoms with Gasteiger partial charge < -0.3 is 5.11 Å². The van der Waals surface area contributed by atoms with Crippen LogP contribution in [-0.4, -0.2) is 5.11 Å². The highest BCUT2D eigenvalue weighted by molar-refractivity contribution is 5.52. The smallest absolute Gasteiger partial charge is 0.119 e. The fourth-order valence-corrected chi connectivity index (χ4v) is 8.03. The third-order valence-corrected chi connectivity index (χ3v) is 11.7. The molecule has 0 aromatic heterocycles. The lowest BCUT2D eigenvalue weighted by Gasteiger charge is -2.35.